The lowest BCUT2D eigenvalue weighted by Gasteiger charge is -2.11. The Hall–Kier alpha value is -4.00. The van der Waals surface area contributed by atoms with Crippen molar-refractivity contribution >= 4 is 29.2 Å². The molecule has 3 aromatic carbocycles. The Balaban J connectivity index is 1.88. The second-order valence-corrected chi connectivity index (χ2v) is 6.27. The lowest BCUT2D eigenvalue weighted by Crippen LogP contribution is -2.14. The molecule has 0 spiro atoms. The largest absolute Gasteiger partial charge is 0.435 e. The molecule has 3 rings (SSSR count). The zero-order valence-electron chi connectivity index (χ0n) is 15.7. The average Bonchev–Trinajstić information content (AvgIpc) is 2.73. The number of amides is 2. The predicted molar refractivity (Wildman–Crippen MR) is 111 cm³/mol. The van der Waals surface area contributed by atoms with E-state index in [4.69, 9.17) is 5.73 Å². The maximum absolute atomic E-state index is 13.0. The molecule has 0 aliphatic rings. The molecule has 0 aromatic heterocycles. The molecule has 0 heterocycles. The van der Waals surface area contributed by atoms with Gasteiger partial charge in [-0.1, -0.05) is 42.5 Å². The van der Waals surface area contributed by atoms with Gasteiger partial charge in [-0.15, -0.1) is 0 Å². The molecular weight excluding hydrogens is 390 g/mol. The fraction of sp³-hybridized carbons (Fsp3) is 0.0435. The highest BCUT2D eigenvalue weighted by Crippen LogP contribution is 2.23. The van der Waals surface area contributed by atoms with Crippen LogP contribution in [0.2, 0.25) is 0 Å². The standard InChI is InChI=1S/C23H18F2N2O3/c24-23(25)30-19-12-6-15(7-13-19)14-20(16-4-2-1-3-5-16)22(29)27-18-10-8-17(9-11-18)21(26)28/h1-14,23H,(H2,26,28)(H,27,29). The van der Waals surface area contributed by atoms with E-state index in [1.165, 1.54) is 24.3 Å². The molecule has 0 radical (unpaired) electrons. The zero-order chi connectivity index (χ0) is 21.5. The van der Waals surface area contributed by atoms with E-state index in [-0.39, 0.29) is 11.7 Å². The number of benzene rings is 3. The van der Waals surface area contributed by atoms with Gasteiger partial charge in [-0.2, -0.15) is 8.78 Å². The molecule has 0 aliphatic heterocycles. The van der Waals surface area contributed by atoms with Crippen molar-refractivity contribution in [2.24, 2.45) is 5.73 Å². The number of halogens is 2. The first kappa shape index (κ1) is 20.7. The smallest absolute Gasteiger partial charge is 0.387 e. The van der Waals surface area contributed by atoms with Crippen LogP contribution in [0, 0.1) is 0 Å². The predicted octanol–water partition coefficient (Wildman–Crippen LogP) is 4.57. The Morgan fingerprint density at radius 3 is 2.07 bits per heavy atom. The molecule has 5 nitrogen and oxygen atoms in total. The van der Waals surface area contributed by atoms with Crippen LogP contribution in [0.4, 0.5) is 14.5 Å². The van der Waals surface area contributed by atoms with Gasteiger partial charge in [-0.3, -0.25) is 9.59 Å². The molecule has 0 saturated carbocycles. The highest BCUT2D eigenvalue weighted by Gasteiger charge is 2.13. The van der Waals surface area contributed by atoms with Crippen LogP contribution in [0.1, 0.15) is 21.5 Å². The normalized spacial score (nSPS) is 11.2. The van der Waals surface area contributed by atoms with Crippen LogP contribution >= 0.6 is 0 Å². The van der Waals surface area contributed by atoms with Crippen molar-refractivity contribution in [1.82, 2.24) is 0 Å². The molecule has 0 bridgehead atoms. The van der Waals surface area contributed by atoms with E-state index in [1.54, 1.807) is 54.6 Å². The molecule has 0 unspecified atom stereocenters. The van der Waals surface area contributed by atoms with E-state index >= 15 is 0 Å². The van der Waals surface area contributed by atoms with Crippen LogP contribution in [0.25, 0.3) is 11.6 Å². The second-order valence-electron chi connectivity index (χ2n) is 6.27. The maximum Gasteiger partial charge on any atom is 0.387 e. The summed E-state index contributed by atoms with van der Waals surface area (Å²) >= 11 is 0. The third-order valence-electron chi connectivity index (χ3n) is 4.17. The molecule has 7 heteroatoms. The van der Waals surface area contributed by atoms with Crippen molar-refractivity contribution in [1.29, 1.82) is 0 Å². The summed E-state index contributed by atoms with van der Waals surface area (Å²) in [5, 5.41) is 2.78. The molecule has 0 saturated heterocycles. The third kappa shape index (κ3) is 5.51. The summed E-state index contributed by atoms with van der Waals surface area (Å²) in [4.78, 5) is 24.1. The van der Waals surface area contributed by atoms with Crippen LogP contribution in [-0.2, 0) is 4.79 Å². The number of hydrogen-bond donors (Lipinski definition) is 2. The van der Waals surface area contributed by atoms with E-state index < -0.39 is 12.5 Å². The number of anilines is 1. The van der Waals surface area contributed by atoms with Gasteiger partial charge in [0.25, 0.3) is 5.91 Å². The van der Waals surface area contributed by atoms with Gasteiger partial charge in [0, 0.05) is 16.8 Å². The van der Waals surface area contributed by atoms with Gasteiger partial charge in [-0.05, 0) is 53.6 Å². The Bertz CT molecular complexity index is 1050. The highest BCUT2D eigenvalue weighted by molar-refractivity contribution is 6.29. The molecule has 0 atom stereocenters. The minimum atomic E-state index is -2.90. The van der Waals surface area contributed by atoms with E-state index in [2.05, 4.69) is 10.1 Å². The molecule has 3 aromatic rings. The Morgan fingerprint density at radius 1 is 0.867 bits per heavy atom. The lowest BCUT2D eigenvalue weighted by molar-refractivity contribution is -0.111. The van der Waals surface area contributed by atoms with E-state index in [1.807, 2.05) is 6.07 Å². The van der Waals surface area contributed by atoms with Gasteiger partial charge >= 0.3 is 6.61 Å². The fourth-order valence-electron chi connectivity index (χ4n) is 2.73. The van der Waals surface area contributed by atoms with Gasteiger partial charge in [0.05, 0.1) is 0 Å². The maximum atomic E-state index is 13.0. The van der Waals surface area contributed by atoms with Crippen LogP contribution < -0.4 is 15.8 Å². The van der Waals surface area contributed by atoms with E-state index in [9.17, 15) is 18.4 Å². The van der Waals surface area contributed by atoms with Crippen molar-refractivity contribution in [3.8, 4) is 5.75 Å². The quantitative estimate of drug-likeness (QED) is 0.444. The minimum absolute atomic E-state index is 0.0300. The number of nitrogens with one attached hydrogen (secondary N) is 1. The minimum Gasteiger partial charge on any atom is -0.435 e. The number of hydrogen-bond acceptors (Lipinski definition) is 3. The third-order valence-corrected chi connectivity index (χ3v) is 4.17. The van der Waals surface area contributed by atoms with Gasteiger partial charge in [-0.25, -0.2) is 0 Å². The van der Waals surface area contributed by atoms with Crippen molar-refractivity contribution in [2.75, 3.05) is 5.32 Å². The number of nitrogens with two attached hydrogens (primary N) is 1. The molecule has 0 fully saturated rings. The zero-order valence-corrected chi connectivity index (χ0v) is 15.7. The van der Waals surface area contributed by atoms with Gasteiger partial charge in [0.1, 0.15) is 5.75 Å². The number of ether oxygens (including phenoxy) is 1. The van der Waals surface area contributed by atoms with E-state index in [0.29, 0.717) is 28.0 Å². The molecule has 30 heavy (non-hydrogen) atoms. The molecular formula is C23H18F2N2O3. The summed E-state index contributed by atoms with van der Waals surface area (Å²) in [6.45, 7) is -2.90. The monoisotopic (exact) mass is 408 g/mol. The highest BCUT2D eigenvalue weighted by atomic mass is 19.3. The van der Waals surface area contributed by atoms with Gasteiger partial charge < -0.3 is 15.8 Å². The molecule has 0 aliphatic carbocycles. The Morgan fingerprint density at radius 2 is 1.50 bits per heavy atom. The lowest BCUT2D eigenvalue weighted by atomic mass is 10.0. The summed E-state index contributed by atoms with van der Waals surface area (Å²) in [5.74, 6) is -0.902. The van der Waals surface area contributed by atoms with Gasteiger partial charge in [0.15, 0.2) is 0 Å². The summed E-state index contributed by atoms with van der Waals surface area (Å²) in [6.07, 6.45) is 1.65. The number of alkyl halides is 2. The molecule has 2 amide bonds. The first-order chi connectivity index (χ1) is 14.4. The van der Waals surface area contributed by atoms with Gasteiger partial charge in [0.2, 0.25) is 5.91 Å². The fourth-order valence-corrected chi connectivity index (χ4v) is 2.73. The number of carbonyl (C=O) groups is 2. The number of rotatable bonds is 7. The van der Waals surface area contributed by atoms with E-state index in [0.717, 1.165) is 0 Å². The topological polar surface area (TPSA) is 81.4 Å². The van der Waals surface area contributed by atoms with Crippen LogP contribution in [-0.4, -0.2) is 18.4 Å². The van der Waals surface area contributed by atoms with Crippen molar-refractivity contribution in [2.45, 2.75) is 6.61 Å². The number of carbonyl (C=O) groups excluding carboxylic acids is 2. The average molecular weight is 408 g/mol. The second kappa shape index (κ2) is 9.47. The van der Waals surface area contributed by atoms with Crippen molar-refractivity contribution < 1.29 is 23.1 Å². The molecule has 3 N–H and O–H groups in total. The summed E-state index contributed by atoms with van der Waals surface area (Å²) in [6, 6.07) is 21.2. The van der Waals surface area contributed by atoms with Crippen molar-refractivity contribution in [3.63, 3.8) is 0 Å². The summed E-state index contributed by atoms with van der Waals surface area (Å²) in [7, 11) is 0. The Labute approximate surface area is 171 Å². The SMILES string of the molecule is NC(=O)c1ccc(NC(=O)C(=Cc2ccc(OC(F)F)cc2)c2ccccc2)cc1. The summed E-state index contributed by atoms with van der Waals surface area (Å²) in [5.41, 5.74) is 7.73. The summed E-state index contributed by atoms with van der Waals surface area (Å²) < 4.78 is 29.0. The van der Waals surface area contributed by atoms with Crippen molar-refractivity contribution in [3.05, 3.63) is 95.6 Å². The number of primary amides is 1. The first-order valence-electron chi connectivity index (χ1n) is 8.95. The van der Waals surface area contributed by atoms with Crippen LogP contribution in [0.5, 0.6) is 5.75 Å². The van der Waals surface area contributed by atoms with Crippen LogP contribution in [0.3, 0.4) is 0 Å². The first-order valence-corrected chi connectivity index (χ1v) is 8.95. The molecule has 152 valence electrons. The Kier molecular flexibility index (Phi) is 6.54. The van der Waals surface area contributed by atoms with Crippen LogP contribution in [0.15, 0.2) is 78.9 Å².